The number of piperazine rings is 1. The molecule has 1 atom stereocenters. The van der Waals surface area contributed by atoms with Crippen molar-refractivity contribution in [3.63, 3.8) is 0 Å². The van der Waals surface area contributed by atoms with E-state index in [2.05, 4.69) is 50.5 Å². The summed E-state index contributed by atoms with van der Waals surface area (Å²) in [6.45, 7) is 13.1. The van der Waals surface area contributed by atoms with Gasteiger partial charge in [-0.3, -0.25) is 4.90 Å². The van der Waals surface area contributed by atoms with Crippen molar-refractivity contribution in [3.05, 3.63) is 65.1 Å². The van der Waals surface area contributed by atoms with Crippen LogP contribution in [-0.2, 0) is 6.18 Å². The smallest absolute Gasteiger partial charge is 0.366 e. The first-order valence-electron chi connectivity index (χ1n) is 11.5. The minimum Gasteiger partial charge on any atom is -0.366 e. The first-order chi connectivity index (χ1) is 16.6. The summed E-state index contributed by atoms with van der Waals surface area (Å²) in [5.41, 5.74) is 1.12. The number of pyridine rings is 1. The molecule has 1 fully saturated rings. The minimum atomic E-state index is -4.44. The van der Waals surface area contributed by atoms with Gasteiger partial charge in [-0.15, -0.1) is 6.58 Å². The number of hydrogen-bond donors (Lipinski definition) is 1. The van der Waals surface area contributed by atoms with Crippen LogP contribution in [0.3, 0.4) is 0 Å². The first kappa shape index (κ1) is 25.2. The molecule has 1 aliphatic heterocycles. The Morgan fingerprint density at radius 2 is 1.86 bits per heavy atom. The molecule has 10 heteroatoms. The molecular weight excluding hydrogens is 477 g/mol. The number of alkyl halides is 3. The van der Waals surface area contributed by atoms with E-state index >= 15 is 0 Å². The number of halogens is 4. The Kier molecular flexibility index (Phi) is 7.19. The van der Waals surface area contributed by atoms with Crippen LogP contribution < -0.4 is 10.2 Å². The Hall–Kier alpha value is -2.91. The maximum Gasteiger partial charge on any atom is 0.416 e. The van der Waals surface area contributed by atoms with Gasteiger partial charge < -0.3 is 10.2 Å². The molecule has 1 N–H and O–H groups in total. The van der Waals surface area contributed by atoms with Gasteiger partial charge in [-0.2, -0.15) is 13.2 Å². The number of nitrogens with one attached hydrogen (secondary N) is 1. The van der Waals surface area contributed by atoms with Crippen molar-refractivity contribution in [3.8, 4) is 0 Å². The highest BCUT2D eigenvalue weighted by atomic mass is 35.5. The second-order valence-electron chi connectivity index (χ2n) is 8.88. The predicted octanol–water partition coefficient (Wildman–Crippen LogP) is 5.88. The zero-order chi connectivity index (χ0) is 25.3. The number of nitrogens with zero attached hydrogens (tertiary/aromatic N) is 5. The van der Waals surface area contributed by atoms with Crippen LogP contribution >= 0.6 is 11.6 Å². The van der Waals surface area contributed by atoms with Gasteiger partial charge in [0, 0.05) is 32.2 Å². The molecule has 0 radical (unpaired) electrons. The summed E-state index contributed by atoms with van der Waals surface area (Å²) in [5, 5.41) is 4.22. The normalized spacial score (nSPS) is 16.1. The van der Waals surface area contributed by atoms with Gasteiger partial charge in [0.1, 0.15) is 12.1 Å². The quantitative estimate of drug-likeness (QED) is 0.334. The molecule has 35 heavy (non-hydrogen) atoms. The summed E-state index contributed by atoms with van der Waals surface area (Å²) >= 11 is 6.53. The van der Waals surface area contributed by atoms with Gasteiger partial charge >= 0.3 is 6.18 Å². The average Bonchev–Trinajstić information content (AvgIpc) is 2.82. The van der Waals surface area contributed by atoms with Crippen LogP contribution in [0.2, 0.25) is 5.15 Å². The maximum absolute atomic E-state index is 13.5. The molecule has 186 valence electrons. The third kappa shape index (κ3) is 5.21. The monoisotopic (exact) mass is 504 g/mol. The highest BCUT2D eigenvalue weighted by Crippen LogP contribution is 2.36. The summed E-state index contributed by atoms with van der Waals surface area (Å²) in [6.07, 6.45) is -1.53. The van der Waals surface area contributed by atoms with E-state index in [0.717, 1.165) is 37.9 Å². The molecule has 4 rings (SSSR count). The topological polar surface area (TPSA) is 57.2 Å². The van der Waals surface area contributed by atoms with Crippen LogP contribution in [0.15, 0.2) is 43.2 Å². The molecule has 0 bridgehead atoms. The Balaban J connectivity index is 1.68. The number of aromatic nitrogens is 3. The number of fused-ring (bicyclic) bond motifs is 1. The lowest BCUT2D eigenvalue weighted by Gasteiger charge is -2.38. The van der Waals surface area contributed by atoms with Crippen molar-refractivity contribution in [1.82, 2.24) is 19.9 Å². The Bertz CT molecular complexity index is 1220. The Morgan fingerprint density at radius 3 is 2.49 bits per heavy atom. The molecule has 0 aliphatic carbocycles. The first-order valence-corrected chi connectivity index (χ1v) is 11.8. The van der Waals surface area contributed by atoms with Crippen molar-refractivity contribution < 1.29 is 13.2 Å². The summed E-state index contributed by atoms with van der Waals surface area (Å²) in [7, 11) is 0. The van der Waals surface area contributed by atoms with Crippen LogP contribution in [0.25, 0.3) is 11.0 Å². The fraction of sp³-hybridized carbons (Fsp3) is 0.400. The fourth-order valence-electron chi connectivity index (χ4n) is 4.48. The molecule has 1 saturated heterocycles. The van der Waals surface area contributed by atoms with Gasteiger partial charge in [0.25, 0.3) is 0 Å². The van der Waals surface area contributed by atoms with Crippen molar-refractivity contribution >= 4 is 34.1 Å². The molecule has 2 aromatic heterocycles. The van der Waals surface area contributed by atoms with Crippen molar-refractivity contribution in [1.29, 1.82) is 0 Å². The summed E-state index contributed by atoms with van der Waals surface area (Å²) < 4.78 is 40.4. The fourth-order valence-corrected chi connectivity index (χ4v) is 4.73. The van der Waals surface area contributed by atoms with Gasteiger partial charge in [-0.1, -0.05) is 29.8 Å². The largest absolute Gasteiger partial charge is 0.416 e. The Morgan fingerprint density at radius 1 is 1.14 bits per heavy atom. The molecule has 0 unspecified atom stereocenters. The molecule has 0 saturated carbocycles. The molecule has 1 aliphatic rings. The second-order valence-corrected chi connectivity index (χ2v) is 9.24. The molecule has 3 heterocycles. The van der Waals surface area contributed by atoms with Crippen LogP contribution in [-0.4, -0.2) is 52.1 Å². The van der Waals surface area contributed by atoms with Crippen LogP contribution in [0.4, 0.5) is 24.7 Å². The number of rotatable bonds is 6. The van der Waals surface area contributed by atoms with Gasteiger partial charge in [0.15, 0.2) is 10.8 Å². The molecule has 0 amide bonds. The molecule has 0 spiro atoms. The zero-order valence-electron chi connectivity index (χ0n) is 19.9. The molecule has 1 aromatic carbocycles. The summed E-state index contributed by atoms with van der Waals surface area (Å²) in [5.74, 6) is 0.447. The lowest BCUT2D eigenvalue weighted by Crippen LogP contribution is -2.49. The van der Waals surface area contributed by atoms with E-state index in [-0.39, 0.29) is 5.56 Å². The number of benzene rings is 1. The highest BCUT2D eigenvalue weighted by molar-refractivity contribution is 6.32. The standard InChI is InChI=1S/C25H28ClF3N6/c1-5-20(17-7-6-8-19(16(17)4)25(27,28)29)32-23-18-13-21(22(26)33-24(18)31-14-30-23)35-11-9-34(10-12-35)15(2)3/h5-8,13-15,20H,1,9-12H2,2-4H3,(H,30,31,32,33)/t20-/m1/s1. The maximum atomic E-state index is 13.5. The lowest BCUT2D eigenvalue weighted by atomic mass is 9.96. The number of hydrogen-bond acceptors (Lipinski definition) is 6. The van der Waals surface area contributed by atoms with E-state index in [0.29, 0.717) is 33.6 Å². The van der Waals surface area contributed by atoms with E-state index in [1.165, 1.54) is 19.3 Å². The zero-order valence-corrected chi connectivity index (χ0v) is 20.7. The van der Waals surface area contributed by atoms with E-state index < -0.39 is 17.8 Å². The molecule has 3 aromatic rings. The van der Waals surface area contributed by atoms with Crippen LogP contribution in [0, 0.1) is 6.92 Å². The SMILES string of the molecule is C=C[C@@H](Nc1ncnc2nc(Cl)c(N3CCN(C(C)C)CC3)cc12)c1cccc(C(F)(F)F)c1C. The van der Waals surface area contributed by atoms with Gasteiger partial charge in [-0.25, -0.2) is 15.0 Å². The number of anilines is 2. The minimum absolute atomic E-state index is 0.139. The summed E-state index contributed by atoms with van der Waals surface area (Å²) in [4.78, 5) is 17.7. The summed E-state index contributed by atoms with van der Waals surface area (Å²) in [6, 6.07) is 5.90. The van der Waals surface area contributed by atoms with Gasteiger partial charge in [0.2, 0.25) is 0 Å². The van der Waals surface area contributed by atoms with E-state index in [4.69, 9.17) is 11.6 Å². The third-order valence-electron chi connectivity index (χ3n) is 6.49. The Labute approximate surface area is 207 Å². The molecular formula is C25H28ClF3N6. The lowest BCUT2D eigenvalue weighted by molar-refractivity contribution is -0.138. The van der Waals surface area contributed by atoms with Gasteiger partial charge in [-0.05, 0) is 44.0 Å². The second kappa shape index (κ2) is 9.99. The van der Waals surface area contributed by atoms with E-state index in [1.807, 2.05) is 6.07 Å². The third-order valence-corrected chi connectivity index (χ3v) is 6.77. The van der Waals surface area contributed by atoms with E-state index in [1.54, 1.807) is 12.1 Å². The van der Waals surface area contributed by atoms with Crippen molar-refractivity contribution in [2.24, 2.45) is 0 Å². The van der Waals surface area contributed by atoms with Gasteiger partial charge in [0.05, 0.1) is 22.7 Å². The highest BCUT2D eigenvalue weighted by Gasteiger charge is 2.33. The van der Waals surface area contributed by atoms with E-state index in [9.17, 15) is 13.2 Å². The average molecular weight is 505 g/mol. The van der Waals surface area contributed by atoms with Crippen LogP contribution in [0.5, 0.6) is 0 Å². The van der Waals surface area contributed by atoms with Crippen LogP contribution in [0.1, 0.15) is 36.6 Å². The van der Waals surface area contributed by atoms with Crippen molar-refractivity contribution in [2.45, 2.75) is 39.0 Å². The predicted molar refractivity (Wildman–Crippen MR) is 134 cm³/mol. The molecule has 6 nitrogen and oxygen atoms in total. The van der Waals surface area contributed by atoms with Crippen molar-refractivity contribution in [2.75, 3.05) is 36.4 Å².